The molecule has 0 saturated heterocycles. The molecule has 0 unspecified atom stereocenters. The summed E-state index contributed by atoms with van der Waals surface area (Å²) >= 11 is 0. The number of methoxy groups -OCH3 is 1. The summed E-state index contributed by atoms with van der Waals surface area (Å²) in [7, 11) is 4.08. The third-order valence-electron chi connectivity index (χ3n) is 4.72. The molecule has 34 heavy (non-hydrogen) atoms. The summed E-state index contributed by atoms with van der Waals surface area (Å²) in [5.74, 6) is -2.18. The second kappa shape index (κ2) is 15.6. The molecule has 1 rings (SSSR count). The fraction of sp³-hybridized carbons (Fsp3) is 0.667. The maximum atomic E-state index is 13.0. The molecule has 0 aliphatic carbocycles. The van der Waals surface area contributed by atoms with Crippen LogP contribution in [0.15, 0.2) is 12.2 Å². The fourth-order valence-electron chi connectivity index (χ4n) is 2.78. The van der Waals surface area contributed by atoms with Gasteiger partial charge in [0.25, 0.3) is 0 Å². The quantitative estimate of drug-likeness (QED) is 0.177. The van der Waals surface area contributed by atoms with Crippen LogP contribution >= 0.6 is 21.6 Å². The van der Waals surface area contributed by atoms with E-state index in [1.807, 2.05) is 0 Å². The van der Waals surface area contributed by atoms with Crippen molar-refractivity contribution in [1.29, 1.82) is 0 Å². The van der Waals surface area contributed by atoms with E-state index in [9.17, 15) is 29.1 Å². The molecule has 0 saturated carbocycles. The van der Waals surface area contributed by atoms with Crippen molar-refractivity contribution in [2.24, 2.45) is 5.92 Å². The number of allylic oxidation sites excluding steroid dienone is 1. The molecule has 192 valence electrons. The number of aliphatic hydroxyl groups is 1. The highest BCUT2D eigenvalue weighted by atomic mass is 33.1. The third kappa shape index (κ3) is 11.3. The Labute approximate surface area is 207 Å². The number of carbonyl (C=O) groups is 5. The molecule has 5 N–H and O–H groups in total. The predicted octanol–water partition coefficient (Wildman–Crippen LogP) is -0.502. The molecule has 0 spiro atoms. The number of amides is 4. The van der Waals surface area contributed by atoms with Crippen LogP contribution in [-0.2, 0) is 28.7 Å². The Morgan fingerprint density at radius 1 is 1.24 bits per heavy atom. The van der Waals surface area contributed by atoms with Crippen molar-refractivity contribution < 1.29 is 33.8 Å². The molecular formula is C21H34N4O7S2. The number of carbonyl (C=O) groups excluding carboxylic acids is 5. The Kier molecular flexibility index (Phi) is 13.7. The first-order valence-corrected chi connectivity index (χ1v) is 13.4. The first-order chi connectivity index (χ1) is 16.0. The molecule has 0 radical (unpaired) electrons. The summed E-state index contributed by atoms with van der Waals surface area (Å²) in [5.41, 5.74) is 0. The molecule has 0 aromatic rings. The minimum atomic E-state index is -0.967. The largest absolute Gasteiger partial charge is 0.468 e. The van der Waals surface area contributed by atoms with Crippen molar-refractivity contribution in [3.8, 4) is 0 Å². The van der Waals surface area contributed by atoms with E-state index in [1.165, 1.54) is 35.6 Å². The topological polar surface area (TPSA) is 163 Å². The average Bonchev–Trinajstić information content (AvgIpc) is 2.78. The van der Waals surface area contributed by atoms with Crippen molar-refractivity contribution in [2.75, 3.05) is 25.2 Å². The molecule has 0 fully saturated rings. The van der Waals surface area contributed by atoms with Gasteiger partial charge in [-0.3, -0.25) is 24.0 Å². The smallest absolute Gasteiger partial charge is 0.325 e. The molecule has 4 atom stereocenters. The third-order valence-corrected chi connectivity index (χ3v) is 7.17. The lowest BCUT2D eigenvalue weighted by molar-refractivity contribution is -0.141. The van der Waals surface area contributed by atoms with Gasteiger partial charge in [-0.05, 0) is 19.3 Å². The highest BCUT2D eigenvalue weighted by Gasteiger charge is 2.30. The van der Waals surface area contributed by atoms with Crippen LogP contribution in [0.4, 0.5) is 0 Å². The molecule has 11 nitrogen and oxygen atoms in total. The van der Waals surface area contributed by atoms with E-state index < -0.39 is 53.8 Å². The minimum Gasteiger partial charge on any atom is -0.468 e. The van der Waals surface area contributed by atoms with Crippen LogP contribution in [0.1, 0.15) is 33.6 Å². The van der Waals surface area contributed by atoms with Crippen LogP contribution < -0.4 is 21.3 Å². The normalized spacial score (nSPS) is 24.5. The lowest BCUT2D eigenvalue weighted by Gasteiger charge is -2.26. The average molecular weight is 519 g/mol. The van der Waals surface area contributed by atoms with E-state index in [0.717, 1.165) is 0 Å². The molecule has 1 aliphatic rings. The second-order valence-electron chi connectivity index (χ2n) is 7.97. The standard InChI is InChI=1S/C21H34N4O7S2/c1-12(2)18(21(31)22-10-17(28)32-4)25-20(30)15-11-34-33-8-6-5-7-14(26)9-16(27)23-13(3)19(29)24-15/h5,7,12-15,18,26H,6,8-11H2,1-4H3,(H,22,31)(H,23,27)(H,24,29)(H,25,30)/b7-5+/t13-,14-,15-,18-/m1/s1. The van der Waals surface area contributed by atoms with Gasteiger partial charge in [0.15, 0.2) is 0 Å². The maximum absolute atomic E-state index is 13.0. The highest BCUT2D eigenvalue weighted by Crippen LogP contribution is 2.23. The number of aliphatic hydroxyl groups excluding tert-OH is 1. The number of hydrogen-bond donors (Lipinski definition) is 5. The predicted molar refractivity (Wildman–Crippen MR) is 131 cm³/mol. The van der Waals surface area contributed by atoms with Gasteiger partial charge < -0.3 is 31.1 Å². The molecule has 0 aromatic carbocycles. The van der Waals surface area contributed by atoms with Gasteiger partial charge in [-0.2, -0.15) is 0 Å². The summed E-state index contributed by atoms with van der Waals surface area (Å²) < 4.78 is 4.50. The number of ether oxygens (including phenoxy) is 1. The van der Waals surface area contributed by atoms with E-state index >= 15 is 0 Å². The van der Waals surface area contributed by atoms with Crippen molar-refractivity contribution in [3.63, 3.8) is 0 Å². The summed E-state index contributed by atoms with van der Waals surface area (Å²) in [5, 5.41) is 20.1. The van der Waals surface area contributed by atoms with E-state index in [4.69, 9.17) is 0 Å². The zero-order chi connectivity index (χ0) is 25.7. The summed E-state index contributed by atoms with van der Waals surface area (Å²) in [6.07, 6.45) is 2.85. The van der Waals surface area contributed by atoms with E-state index in [2.05, 4.69) is 26.0 Å². The monoisotopic (exact) mass is 518 g/mol. The Morgan fingerprint density at radius 3 is 2.59 bits per heavy atom. The van der Waals surface area contributed by atoms with Crippen molar-refractivity contribution in [1.82, 2.24) is 21.3 Å². The number of rotatable bonds is 6. The summed E-state index contributed by atoms with van der Waals surface area (Å²) in [4.78, 5) is 61.5. The van der Waals surface area contributed by atoms with E-state index in [-0.39, 0.29) is 24.6 Å². The van der Waals surface area contributed by atoms with Gasteiger partial charge in [0.05, 0.1) is 19.6 Å². The van der Waals surface area contributed by atoms with Crippen LogP contribution in [0, 0.1) is 5.92 Å². The van der Waals surface area contributed by atoms with Crippen molar-refractivity contribution >= 4 is 51.2 Å². The number of hydrogen-bond acceptors (Lipinski definition) is 9. The number of esters is 1. The van der Waals surface area contributed by atoms with Gasteiger partial charge in [0, 0.05) is 11.5 Å². The SMILES string of the molecule is COC(=O)CNC(=O)[C@H](NC(=O)[C@H]1CSSCC/C=C/[C@@H](O)CC(=O)N[C@H](C)C(=O)N1)C(C)C. The van der Waals surface area contributed by atoms with Gasteiger partial charge >= 0.3 is 5.97 Å². The molecule has 13 heteroatoms. The van der Waals surface area contributed by atoms with Gasteiger partial charge in [0.2, 0.25) is 23.6 Å². The highest BCUT2D eigenvalue weighted by molar-refractivity contribution is 8.76. The van der Waals surface area contributed by atoms with Crippen LogP contribution in [0.5, 0.6) is 0 Å². The molecule has 0 bridgehead atoms. The zero-order valence-electron chi connectivity index (χ0n) is 19.8. The van der Waals surface area contributed by atoms with E-state index in [0.29, 0.717) is 12.2 Å². The zero-order valence-corrected chi connectivity index (χ0v) is 21.4. The Hall–Kier alpha value is -2.25. The molecule has 1 heterocycles. The first-order valence-electron chi connectivity index (χ1n) is 10.9. The van der Waals surface area contributed by atoms with Gasteiger partial charge in [0.1, 0.15) is 24.7 Å². The van der Waals surface area contributed by atoms with Crippen LogP contribution in [0.3, 0.4) is 0 Å². The van der Waals surface area contributed by atoms with Gasteiger partial charge in [-0.25, -0.2) is 0 Å². The lowest BCUT2D eigenvalue weighted by Crippen LogP contribution is -2.58. The Bertz CT molecular complexity index is 763. The minimum absolute atomic E-state index is 0.184. The lowest BCUT2D eigenvalue weighted by atomic mass is 10.0. The molecule has 0 aromatic heterocycles. The molecule has 1 aliphatic heterocycles. The van der Waals surface area contributed by atoms with Gasteiger partial charge in [-0.1, -0.05) is 47.6 Å². The summed E-state index contributed by atoms with van der Waals surface area (Å²) in [6, 6.07) is -2.84. The first kappa shape index (κ1) is 29.8. The maximum Gasteiger partial charge on any atom is 0.325 e. The Morgan fingerprint density at radius 2 is 1.94 bits per heavy atom. The van der Waals surface area contributed by atoms with Crippen LogP contribution in [0.25, 0.3) is 0 Å². The van der Waals surface area contributed by atoms with Crippen molar-refractivity contribution in [2.45, 2.75) is 57.8 Å². The fourth-order valence-corrected chi connectivity index (χ4v) is 4.93. The molecule has 4 amide bonds. The van der Waals surface area contributed by atoms with Crippen LogP contribution in [0.2, 0.25) is 0 Å². The Balaban J connectivity index is 2.91. The molecular weight excluding hydrogens is 484 g/mol. The summed E-state index contributed by atoms with van der Waals surface area (Å²) in [6.45, 7) is 4.62. The number of nitrogens with one attached hydrogen (secondary N) is 4. The van der Waals surface area contributed by atoms with Gasteiger partial charge in [-0.15, -0.1) is 0 Å². The van der Waals surface area contributed by atoms with Crippen LogP contribution in [-0.4, -0.2) is 84.1 Å². The van der Waals surface area contributed by atoms with Crippen molar-refractivity contribution in [3.05, 3.63) is 12.2 Å². The second-order valence-corrected chi connectivity index (χ2v) is 10.6. The van der Waals surface area contributed by atoms with E-state index in [1.54, 1.807) is 26.0 Å².